The Labute approximate surface area is 190 Å². The summed E-state index contributed by atoms with van der Waals surface area (Å²) in [6, 6.07) is 0. The number of allylic oxidation sites excluding steroid dienone is 2. The summed E-state index contributed by atoms with van der Waals surface area (Å²) < 4.78 is 11.8. The van der Waals surface area contributed by atoms with E-state index in [1.807, 2.05) is 6.92 Å². The number of phenolic OH excluding ortho intramolecular Hbond substituents is 1. The zero-order valence-corrected chi connectivity index (χ0v) is 20.0. The van der Waals surface area contributed by atoms with Crippen LogP contribution in [0.4, 0.5) is 0 Å². The van der Waals surface area contributed by atoms with Crippen LogP contribution in [0.25, 0.3) is 0 Å². The van der Waals surface area contributed by atoms with Crippen LogP contribution in [0.1, 0.15) is 93.9 Å². The first kappa shape index (κ1) is 23.6. The van der Waals surface area contributed by atoms with Gasteiger partial charge in [0.2, 0.25) is 6.29 Å². The quantitative estimate of drug-likeness (QED) is 0.524. The molecule has 1 aromatic carbocycles. The first-order valence-corrected chi connectivity index (χ1v) is 11.9. The number of phenols is 1. The Morgan fingerprint density at radius 2 is 1.66 bits per heavy atom. The number of hydrogen-bond donors (Lipinski definition) is 4. The van der Waals surface area contributed by atoms with Crippen molar-refractivity contribution in [1.29, 1.82) is 0 Å². The van der Waals surface area contributed by atoms with Gasteiger partial charge in [-0.3, -0.25) is 0 Å². The molecule has 0 saturated carbocycles. The third-order valence-electron chi connectivity index (χ3n) is 7.83. The highest BCUT2D eigenvalue weighted by atomic mass is 16.7. The number of aliphatic hydroxyl groups excluding tert-OH is 3. The minimum absolute atomic E-state index is 0.118. The molecule has 178 valence electrons. The van der Waals surface area contributed by atoms with E-state index in [2.05, 4.69) is 33.8 Å². The van der Waals surface area contributed by atoms with Crippen LogP contribution in [0, 0.1) is 12.8 Å². The lowest BCUT2D eigenvalue weighted by atomic mass is 9.62. The van der Waals surface area contributed by atoms with E-state index in [4.69, 9.17) is 9.47 Å². The molecule has 0 bridgehead atoms. The summed E-state index contributed by atoms with van der Waals surface area (Å²) in [6.07, 6.45) is -0.415. The highest BCUT2D eigenvalue weighted by Crippen LogP contribution is 2.58. The molecule has 6 nitrogen and oxygen atoms in total. The third-order valence-corrected chi connectivity index (χ3v) is 7.83. The van der Waals surface area contributed by atoms with E-state index < -0.39 is 30.7 Å². The molecule has 2 aliphatic carbocycles. The summed E-state index contributed by atoms with van der Waals surface area (Å²) in [5, 5.41) is 42.1. The molecule has 4 rings (SSSR count). The largest absolute Gasteiger partial charge is 0.504 e. The molecule has 32 heavy (non-hydrogen) atoms. The molecule has 4 N–H and O–H groups in total. The zero-order chi connectivity index (χ0) is 23.5. The molecule has 1 fully saturated rings. The lowest BCUT2D eigenvalue weighted by molar-refractivity contribution is -0.268. The van der Waals surface area contributed by atoms with Crippen LogP contribution >= 0.6 is 0 Å². The van der Waals surface area contributed by atoms with Crippen molar-refractivity contribution in [3.63, 3.8) is 0 Å². The van der Waals surface area contributed by atoms with E-state index in [0.29, 0.717) is 17.6 Å². The Morgan fingerprint density at radius 1 is 0.969 bits per heavy atom. The molecule has 0 spiro atoms. The molecule has 1 aliphatic heterocycles. The highest BCUT2D eigenvalue weighted by molar-refractivity contribution is 5.64. The number of aromatic hydroxyl groups is 1. The number of benzene rings is 1. The van der Waals surface area contributed by atoms with Crippen molar-refractivity contribution < 1.29 is 29.9 Å². The van der Waals surface area contributed by atoms with E-state index in [1.165, 1.54) is 16.7 Å². The Kier molecular flexibility index (Phi) is 6.36. The van der Waals surface area contributed by atoms with Gasteiger partial charge in [0.25, 0.3) is 0 Å². The van der Waals surface area contributed by atoms with E-state index in [0.717, 1.165) is 30.4 Å². The lowest BCUT2D eigenvalue weighted by Crippen LogP contribution is -2.58. The molecule has 9 atom stereocenters. The number of aliphatic hydroxyl groups is 3. The normalized spacial score (nSPS) is 38.7. The number of ether oxygens (including phenoxy) is 2. The van der Waals surface area contributed by atoms with E-state index in [1.54, 1.807) is 6.92 Å². The van der Waals surface area contributed by atoms with Crippen molar-refractivity contribution in [2.75, 3.05) is 0 Å². The molecule has 1 heterocycles. The standard InChI is InChI=1S/C26H38O6/c1-11(2)9-16-10-13(4)17-8-7-12(3)18-20(17)19(16)14(5)25(22(18)28)32-26-24(30)23(29)21(27)15(6)31-26/h9,12-13,15-17,21,23-24,26-30H,7-8,10H2,1-6H3/t12-,13-,15?,16+,17+,21+,23?,24?,26-/m0/s1. The van der Waals surface area contributed by atoms with Gasteiger partial charge < -0.3 is 29.9 Å². The van der Waals surface area contributed by atoms with Crippen molar-refractivity contribution in [2.45, 2.75) is 109 Å². The Morgan fingerprint density at radius 3 is 2.31 bits per heavy atom. The van der Waals surface area contributed by atoms with Gasteiger partial charge >= 0.3 is 0 Å². The molecule has 6 heteroatoms. The first-order chi connectivity index (χ1) is 15.0. The molecular weight excluding hydrogens is 408 g/mol. The zero-order valence-electron chi connectivity index (χ0n) is 20.0. The molecule has 1 saturated heterocycles. The van der Waals surface area contributed by atoms with E-state index in [9.17, 15) is 20.4 Å². The Hall–Kier alpha value is -1.60. The topological polar surface area (TPSA) is 99.4 Å². The van der Waals surface area contributed by atoms with Crippen LogP contribution in [0.2, 0.25) is 0 Å². The van der Waals surface area contributed by atoms with Gasteiger partial charge in [-0.2, -0.15) is 0 Å². The van der Waals surface area contributed by atoms with Crippen LogP contribution in [0.5, 0.6) is 11.5 Å². The average Bonchev–Trinajstić information content (AvgIpc) is 2.72. The molecule has 3 unspecified atom stereocenters. The van der Waals surface area contributed by atoms with Gasteiger partial charge in [-0.15, -0.1) is 0 Å². The van der Waals surface area contributed by atoms with E-state index in [-0.39, 0.29) is 17.6 Å². The maximum absolute atomic E-state index is 11.4. The van der Waals surface area contributed by atoms with Crippen molar-refractivity contribution >= 4 is 0 Å². The van der Waals surface area contributed by atoms with Gasteiger partial charge in [0, 0.05) is 11.5 Å². The predicted molar refractivity (Wildman–Crippen MR) is 122 cm³/mol. The van der Waals surface area contributed by atoms with Crippen molar-refractivity contribution in [3.05, 3.63) is 33.9 Å². The van der Waals surface area contributed by atoms with Gasteiger partial charge in [0.15, 0.2) is 11.5 Å². The SMILES string of the molecule is CC(C)=C[C@@H]1C[C@H](C)[C@H]2CC[C@H](C)c3c(O)c(O[C@@H]4OC(C)[C@@H](O)C(O)C4O)c(C)c1c32. The Bertz CT molecular complexity index is 904. The van der Waals surface area contributed by atoms with Crippen LogP contribution in [0.3, 0.4) is 0 Å². The minimum Gasteiger partial charge on any atom is -0.504 e. The fraction of sp³-hybridized carbons (Fsp3) is 0.692. The van der Waals surface area contributed by atoms with E-state index >= 15 is 0 Å². The Balaban J connectivity index is 1.85. The summed E-state index contributed by atoms with van der Waals surface area (Å²) in [5.74, 6) is 1.81. The van der Waals surface area contributed by atoms with Gasteiger partial charge in [-0.05, 0) is 81.4 Å². The highest BCUT2D eigenvalue weighted by Gasteiger charge is 2.45. The fourth-order valence-electron chi connectivity index (χ4n) is 6.17. The predicted octanol–water partition coefficient (Wildman–Crippen LogP) is 3.98. The molecule has 0 amide bonds. The fourth-order valence-corrected chi connectivity index (χ4v) is 6.17. The van der Waals surface area contributed by atoms with Crippen molar-refractivity contribution in [3.8, 4) is 11.5 Å². The maximum atomic E-state index is 11.4. The summed E-state index contributed by atoms with van der Waals surface area (Å²) >= 11 is 0. The molecular formula is C26H38O6. The molecule has 0 aromatic heterocycles. The van der Waals surface area contributed by atoms with Crippen LogP contribution < -0.4 is 4.74 Å². The smallest absolute Gasteiger partial charge is 0.229 e. The molecule has 0 radical (unpaired) electrons. The summed E-state index contributed by atoms with van der Waals surface area (Å²) in [6.45, 7) is 12.3. The van der Waals surface area contributed by atoms with Crippen molar-refractivity contribution in [1.82, 2.24) is 0 Å². The second-order valence-electron chi connectivity index (χ2n) is 10.5. The maximum Gasteiger partial charge on any atom is 0.229 e. The number of hydrogen-bond acceptors (Lipinski definition) is 6. The van der Waals surface area contributed by atoms with Crippen LogP contribution in [-0.4, -0.2) is 51.1 Å². The monoisotopic (exact) mass is 446 g/mol. The lowest BCUT2D eigenvalue weighted by Gasteiger charge is -2.44. The second kappa shape index (κ2) is 8.64. The summed E-state index contributed by atoms with van der Waals surface area (Å²) in [5.41, 5.74) is 5.57. The number of rotatable bonds is 3. The van der Waals surface area contributed by atoms with Crippen LogP contribution in [-0.2, 0) is 4.74 Å². The molecule has 1 aromatic rings. The van der Waals surface area contributed by atoms with Gasteiger partial charge in [0.05, 0.1) is 6.10 Å². The van der Waals surface area contributed by atoms with Crippen molar-refractivity contribution in [2.24, 2.45) is 5.92 Å². The van der Waals surface area contributed by atoms with Gasteiger partial charge in [-0.25, -0.2) is 0 Å². The first-order valence-electron chi connectivity index (χ1n) is 11.9. The summed E-state index contributed by atoms with van der Waals surface area (Å²) in [4.78, 5) is 0. The summed E-state index contributed by atoms with van der Waals surface area (Å²) in [7, 11) is 0. The molecule has 3 aliphatic rings. The average molecular weight is 447 g/mol. The van der Waals surface area contributed by atoms with Crippen LogP contribution in [0.15, 0.2) is 11.6 Å². The minimum atomic E-state index is -1.42. The third kappa shape index (κ3) is 3.75. The second-order valence-corrected chi connectivity index (χ2v) is 10.5. The van der Waals surface area contributed by atoms with Gasteiger partial charge in [-0.1, -0.05) is 25.5 Å². The van der Waals surface area contributed by atoms with Gasteiger partial charge in [0.1, 0.15) is 18.3 Å².